The maximum atomic E-state index is 13.2. The van der Waals surface area contributed by atoms with Crippen molar-refractivity contribution < 1.29 is 23.0 Å². The number of para-hydroxylation sites is 1. The van der Waals surface area contributed by atoms with Crippen LogP contribution in [0.3, 0.4) is 0 Å². The normalized spacial score (nSPS) is 13.2. The zero-order valence-corrected chi connectivity index (χ0v) is 20.5. The number of hydrogen-bond acceptors (Lipinski definition) is 5. The van der Waals surface area contributed by atoms with Gasteiger partial charge in [0.1, 0.15) is 11.4 Å². The number of terminal acetylenes is 1. The van der Waals surface area contributed by atoms with Crippen LogP contribution in [-0.4, -0.2) is 24.6 Å². The number of pyridine rings is 2. The van der Waals surface area contributed by atoms with Crippen LogP contribution >= 0.6 is 11.6 Å². The number of halogens is 4. The predicted octanol–water partition coefficient (Wildman–Crippen LogP) is 6.09. The van der Waals surface area contributed by atoms with Crippen molar-refractivity contribution in [3.8, 4) is 23.8 Å². The fourth-order valence-electron chi connectivity index (χ4n) is 4.17. The Morgan fingerprint density at radius 1 is 1.03 bits per heavy atom. The number of aromatic nitrogens is 4. The van der Waals surface area contributed by atoms with Gasteiger partial charge in [0.15, 0.2) is 17.0 Å². The summed E-state index contributed by atoms with van der Waals surface area (Å²) in [5.74, 6) is 3.13. The largest absolute Gasteiger partial charge is 0.453 e. The van der Waals surface area contributed by atoms with Crippen molar-refractivity contribution in [2.75, 3.05) is 0 Å². The summed E-state index contributed by atoms with van der Waals surface area (Å²) in [6.45, 7) is 0. The number of nitrogens with zero attached hydrogens (tertiary/aromatic N) is 4. The maximum absolute atomic E-state index is 13.2. The van der Waals surface area contributed by atoms with E-state index in [2.05, 4.69) is 20.9 Å². The second-order valence-electron chi connectivity index (χ2n) is 8.42. The van der Waals surface area contributed by atoms with Gasteiger partial charge in [-0.3, -0.25) is 4.98 Å². The second kappa shape index (κ2) is 9.49. The smallest absolute Gasteiger partial charge is 0.433 e. The molecule has 5 rings (SSSR count). The molecule has 3 aromatic heterocycles. The Bertz CT molecular complexity index is 1680. The predicted molar refractivity (Wildman–Crippen MR) is 136 cm³/mol. The summed E-state index contributed by atoms with van der Waals surface area (Å²) in [5, 5.41) is 12.7. The quantitative estimate of drug-likeness (QED) is 0.276. The molecule has 0 spiro atoms. The van der Waals surface area contributed by atoms with E-state index in [1.165, 1.54) is 18.6 Å². The highest BCUT2D eigenvalue weighted by molar-refractivity contribution is 6.37. The fourth-order valence-corrected chi connectivity index (χ4v) is 4.45. The van der Waals surface area contributed by atoms with Gasteiger partial charge in [-0.15, -0.1) is 6.42 Å². The molecule has 0 amide bonds. The molecule has 0 bridgehead atoms. The van der Waals surface area contributed by atoms with Crippen LogP contribution in [0.4, 0.5) is 13.2 Å². The number of hydrogen-bond donors (Lipinski definition) is 1. The lowest BCUT2D eigenvalue weighted by atomic mass is 9.83. The molecule has 0 fully saturated rings. The third-order valence-corrected chi connectivity index (χ3v) is 6.43. The Hall–Kier alpha value is -4.39. The molecule has 2 aromatic carbocycles. The average Bonchev–Trinajstić information content (AvgIpc) is 3.36. The lowest BCUT2D eigenvalue weighted by molar-refractivity contribution is -0.141. The highest BCUT2D eigenvalue weighted by Crippen LogP contribution is 2.42. The van der Waals surface area contributed by atoms with Crippen LogP contribution in [0.1, 0.15) is 28.2 Å². The Morgan fingerprint density at radius 2 is 1.76 bits per heavy atom. The van der Waals surface area contributed by atoms with Crippen molar-refractivity contribution in [1.82, 2.24) is 19.5 Å². The summed E-state index contributed by atoms with van der Waals surface area (Å²) in [6.07, 6.45) is 4.93. The molecule has 1 atom stereocenters. The molecule has 0 radical (unpaired) electrons. The van der Waals surface area contributed by atoms with Crippen molar-refractivity contribution in [3.63, 3.8) is 0 Å². The zero-order valence-electron chi connectivity index (χ0n) is 19.7. The van der Waals surface area contributed by atoms with Gasteiger partial charge in [0.2, 0.25) is 0 Å². The zero-order chi connectivity index (χ0) is 27.1. The number of aliphatic hydroxyl groups is 1. The standard InChI is InChI=1S/C28H18ClF3N4O2/c1-3-21-26(38-19-7-5-4-6-8-19)25(29)20-13-17(9-11-22(20)35-21)27(37,24-15-33-16-36(24)2)18-10-12-23(34-14-18)28(30,31)32/h1,4-16,37H,2H3. The van der Waals surface area contributed by atoms with Gasteiger partial charge in [-0.2, -0.15) is 13.2 Å². The van der Waals surface area contributed by atoms with Gasteiger partial charge in [-0.1, -0.05) is 41.9 Å². The highest BCUT2D eigenvalue weighted by atomic mass is 35.5. The number of benzene rings is 2. The first-order chi connectivity index (χ1) is 18.1. The molecule has 1 unspecified atom stereocenters. The van der Waals surface area contributed by atoms with Crippen LogP contribution in [0.5, 0.6) is 11.5 Å². The van der Waals surface area contributed by atoms with Crippen molar-refractivity contribution in [1.29, 1.82) is 0 Å². The van der Waals surface area contributed by atoms with Crippen LogP contribution in [0, 0.1) is 12.3 Å². The minimum Gasteiger partial charge on any atom is -0.453 e. The summed E-state index contributed by atoms with van der Waals surface area (Å²) in [7, 11) is 1.66. The van der Waals surface area contributed by atoms with E-state index in [1.807, 2.05) is 6.07 Å². The van der Waals surface area contributed by atoms with E-state index >= 15 is 0 Å². The lowest BCUT2D eigenvalue weighted by Crippen LogP contribution is -2.31. The van der Waals surface area contributed by atoms with E-state index in [-0.39, 0.29) is 27.6 Å². The summed E-state index contributed by atoms with van der Waals surface area (Å²) in [5.41, 5.74) is -1.72. The molecule has 0 aliphatic rings. The van der Waals surface area contributed by atoms with Gasteiger partial charge in [-0.05, 0) is 41.8 Å². The summed E-state index contributed by atoms with van der Waals surface area (Å²) in [4.78, 5) is 12.1. The minimum absolute atomic E-state index is 0.0959. The van der Waals surface area contributed by atoms with Crippen molar-refractivity contribution >= 4 is 22.5 Å². The number of fused-ring (bicyclic) bond motifs is 1. The maximum Gasteiger partial charge on any atom is 0.433 e. The van der Waals surface area contributed by atoms with E-state index in [1.54, 1.807) is 54.1 Å². The SMILES string of the molecule is C#Cc1nc2ccc(C(O)(c3ccc(C(F)(F)F)nc3)c3cncn3C)cc2c(Cl)c1Oc1ccccc1. The average molecular weight is 535 g/mol. The first-order valence-electron chi connectivity index (χ1n) is 11.2. The van der Waals surface area contributed by atoms with Crippen molar-refractivity contribution in [2.24, 2.45) is 7.05 Å². The lowest BCUT2D eigenvalue weighted by Gasteiger charge is -2.30. The van der Waals surface area contributed by atoms with Crippen LogP contribution in [0.15, 0.2) is 79.4 Å². The third-order valence-electron chi connectivity index (χ3n) is 6.06. The van der Waals surface area contributed by atoms with Crippen LogP contribution in [0.25, 0.3) is 10.9 Å². The minimum atomic E-state index is -4.63. The summed E-state index contributed by atoms with van der Waals surface area (Å²) < 4.78 is 47.0. The highest BCUT2D eigenvalue weighted by Gasteiger charge is 2.39. The molecule has 6 nitrogen and oxygen atoms in total. The monoisotopic (exact) mass is 534 g/mol. The Kier molecular flexibility index (Phi) is 6.31. The number of rotatable bonds is 5. The molecular formula is C28H18ClF3N4O2. The van der Waals surface area contributed by atoms with Gasteiger partial charge >= 0.3 is 6.18 Å². The summed E-state index contributed by atoms with van der Waals surface area (Å²) in [6, 6.07) is 15.7. The number of alkyl halides is 3. The van der Waals surface area contributed by atoms with E-state index in [0.29, 0.717) is 22.3 Å². The Balaban J connectivity index is 1.71. The summed E-state index contributed by atoms with van der Waals surface area (Å²) >= 11 is 6.77. The van der Waals surface area contributed by atoms with Gasteiger partial charge in [0.25, 0.3) is 0 Å². The number of imidazole rings is 1. The number of ether oxygens (including phenoxy) is 1. The van der Waals surface area contributed by atoms with Crippen LogP contribution < -0.4 is 4.74 Å². The molecule has 5 aromatic rings. The Morgan fingerprint density at radius 3 is 2.37 bits per heavy atom. The van der Waals surface area contributed by atoms with Crippen molar-refractivity contribution in [2.45, 2.75) is 11.8 Å². The third kappa shape index (κ3) is 4.34. The molecule has 0 saturated heterocycles. The molecule has 190 valence electrons. The van der Waals surface area contributed by atoms with E-state index in [9.17, 15) is 18.3 Å². The van der Waals surface area contributed by atoms with Gasteiger partial charge in [-0.25, -0.2) is 9.97 Å². The fraction of sp³-hybridized carbons (Fsp3) is 0.107. The van der Waals surface area contributed by atoms with Gasteiger partial charge in [0.05, 0.1) is 28.8 Å². The first-order valence-corrected chi connectivity index (χ1v) is 11.6. The second-order valence-corrected chi connectivity index (χ2v) is 8.80. The topological polar surface area (TPSA) is 73.1 Å². The van der Waals surface area contributed by atoms with E-state index in [0.717, 1.165) is 12.3 Å². The molecule has 10 heteroatoms. The Labute approximate surface area is 220 Å². The molecule has 3 heterocycles. The van der Waals surface area contributed by atoms with Crippen molar-refractivity contribution in [3.05, 3.63) is 113 Å². The molecule has 0 saturated carbocycles. The van der Waals surface area contributed by atoms with Gasteiger partial charge < -0.3 is 14.4 Å². The molecule has 0 aliphatic carbocycles. The van der Waals surface area contributed by atoms with Crippen LogP contribution in [-0.2, 0) is 18.8 Å². The van der Waals surface area contributed by atoms with E-state index < -0.39 is 17.5 Å². The van der Waals surface area contributed by atoms with E-state index in [4.69, 9.17) is 22.8 Å². The van der Waals surface area contributed by atoms with Crippen LogP contribution in [0.2, 0.25) is 5.02 Å². The molecular weight excluding hydrogens is 517 g/mol. The number of aryl methyl sites for hydroxylation is 1. The molecule has 0 aliphatic heterocycles. The molecule has 38 heavy (non-hydrogen) atoms. The van der Waals surface area contributed by atoms with Gasteiger partial charge in [0, 0.05) is 24.2 Å². The molecule has 1 N–H and O–H groups in total. The first kappa shape index (κ1) is 25.3.